The molecule has 0 saturated carbocycles. The standard InChI is InChI=1S/C13H7Cl3F2O/c14-8-2-4-12(19-13(17)18)9(6-8)7-1-3-10(15)11(16)5-7/h1-6,13H. The van der Waals surface area contributed by atoms with E-state index in [0.29, 0.717) is 26.2 Å². The zero-order chi connectivity index (χ0) is 14.0. The number of hydrogen-bond acceptors (Lipinski definition) is 1. The Bertz CT molecular complexity index is 602. The van der Waals surface area contributed by atoms with E-state index in [4.69, 9.17) is 34.8 Å². The van der Waals surface area contributed by atoms with E-state index in [1.165, 1.54) is 18.2 Å². The smallest absolute Gasteiger partial charge is 0.387 e. The first-order valence-corrected chi connectivity index (χ1v) is 6.30. The molecule has 2 aromatic carbocycles. The summed E-state index contributed by atoms with van der Waals surface area (Å²) in [6, 6.07) is 9.17. The number of benzene rings is 2. The maximum Gasteiger partial charge on any atom is 0.387 e. The first kappa shape index (κ1) is 14.4. The van der Waals surface area contributed by atoms with Gasteiger partial charge in [-0.05, 0) is 35.9 Å². The largest absolute Gasteiger partial charge is 0.434 e. The fourth-order valence-corrected chi connectivity index (χ4v) is 2.06. The molecule has 0 amide bonds. The quantitative estimate of drug-likeness (QED) is 0.681. The Kier molecular flexibility index (Phi) is 4.50. The minimum absolute atomic E-state index is 0.0257. The van der Waals surface area contributed by atoms with E-state index in [9.17, 15) is 8.78 Å². The molecule has 0 heterocycles. The maximum atomic E-state index is 12.4. The van der Waals surface area contributed by atoms with E-state index in [0.717, 1.165) is 0 Å². The third-order valence-electron chi connectivity index (χ3n) is 2.39. The maximum absolute atomic E-state index is 12.4. The molecule has 1 nitrogen and oxygen atoms in total. The van der Waals surface area contributed by atoms with Crippen LogP contribution in [0, 0.1) is 0 Å². The average molecular weight is 324 g/mol. The summed E-state index contributed by atoms with van der Waals surface area (Å²) >= 11 is 17.6. The van der Waals surface area contributed by atoms with Crippen molar-refractivity contribution in [1.82, 2.24) is 0 Å². The van der Waals surface area contributed by atoms with Crippen molar-refractivity contribution in [2.24, 2.45) is 0 Å². The van der Waals surface area contributed by atoms with Crippen LogP contribution in [0.5, 0.6) is 5.75 Å². The van der Waals surface area contributed by atoms with E-state index < -0.39 is 6.61 Å². The van der Waals surface area contributed by atoms with Gasteiger partial charge in [-0.2, -0.15) is 8.78 Å². The van der Waals surface area contributed by atoms with Crippen LogP contribution in [0.4, 0.5) is 8.78 Å². The van der Waals surface area contributed by atoms with Gasteiger partial charge in [0.25, 0.3) is 0 Å². The molecule has 0 aliphatic rings. The van der Waals surface area contributed by atoms with E-state index >= 15 is 0 Å². The molecule has 2 rings (SSSR count). The second kappa shape index (κ2) is 5.95. The molecule has 100 valence electrons. The molecule has 6 heteroatoms. The molecule has 0 bridgehead atoms. The van der Waals surface area contributed by atoms with Crippen molar-refractivity contribution in [2.45, 2.75) is 6.61 Å². The molecule has 0 saturated heterocycles. The fourth-order valence-electron chi connectivity index (χ4n) is 1.59. The predicted octanol–water partition coefficient (Wildman–Crippen LogP) is 5.92. The number of ether oxygens (including phenoxy) is 1. The molecule has 0 N–H and O–H groups in total. The second-order valence-electron chi connectivity index (χ2n) is 3.65. The SMILES string of the molecule is FC(F)Oc1ccc(Cl)cc1-c1ccc(Cl)c(Cl)c1. The summed E-state index contributed by atoms with van der Waals surface area (Å²) in [5.74, 6) is 0.0257. The molecule has 0 aromatic heterocycles. The van der Waals surface area contributed by atoms with Gasteiger partial charge in [-0.1, -0.05) is 40.9 Å². The lowest BCUT2D eigenvalue weighted by Crippen LogP contribution is -2.03. The van der Waals surface area contributed by atoms with Gasteiger partial charge in [0.2, 0.25) is 0 Å². The third kappa shape index (κ3) is 3.50. The second-order valence-corrected chi connectivity index (χ2v) is 4.90. The van der Waals surface area contributed by atoms with Crippen molar-refractivity contribution >= 4 is 34.8 Å². The number of rotatable bonds is 3. The third-order valence-corrected chi connectivity index (χ3v) is 3.36. The van der Waals surface area contributed by atoms with Crippen LogP contribution in [0.2, 0.25) is 15.1 Å². The Hall–Kier alpha value is -1.03. The Morgan fingerprint density at radius 3 is 2.26 bits per heavy atom. The van der Waals surface area contributed by atoms with Gasteiger partial charge >= 0.3 is 6.61 Å². The van der Waals surface area contributed by atoms with Crippen LogP contribution >= 0.6 is 34.8 Å². The van der Waals surface area contributed by atoms with Crippen LogP contribution in [0.15, 0.2) is 36.4 Å². The average Bonchev–Trinajstić information content (AvgIpc) is 2.34. The summed E-state index contributed by atoms with van der Waals surface area (Å²) in [6.45, 7) is -2.91. The van der Waals surface area contributed by atoms with Crippen molar-refractivity contribution in [3.05, 3.63) is 51.5 Å². The molecule has 0 unspecified atom stereocenters. The molecule has 0 radical (unpaired) electrons. The van der Waals surface area contributed by atoms with Crippen LogP contribution in [0.1, 0.15) is 0 Å². The van der Waals surface area contributed by atoms with E-state index in [1.54, 1.807) is 18.2 Å². The van der Waals surface area contributed by atoms with Gasteiger partial charge in [0.05, 0.1) is 10.0 Å². The first-order chi connectivity index (χ1) is 8.97. The highest BCUT2D eigenvalue weighted by atomic mass is 35.5. The molecular weight excluding hydrogens is 316 g/mol. The fraction of sp³-hybridized carbons (Fsp3) is 0.0769. The summed E-state index contributed by atoms with van der Waals surface area (Å²) in [5, 5.41) is 1.11. The molecule has 2 aromatic rings. The van der Waals surface area contributed by atoms with Gasteiger partial charge < -0.3 is 4.74 Å². The molecule has 0 aliphatic heterocycles. The summed E-state index contributed by atoms with van der Waals surface area (Å²) < 4.78 is 29.2. The summed E-state index contributed by atoms with van der Waals surface area (Å²) in [4.78, 5) is 0. The lowest BCUT2D eigenvalue weighted by atomic mass is 10.0. The molecule has 0 fully saturated rings. The van der Waals surface area contributed by atoms with Gasteiger partial charge in [0.15, 0.2) is 0 Å². The molecule has 0 aliphatic carbocycles. The van der Waals surface area contributed by atoms with Gasteiger partial charge in [0, 0.05) is 10.6 Å². The summed E-state index contributed by atoms with van der Waals surface area (Å²) in [7, 11) is 0. The van der Waals surface area contributed by atoms with Crippen molar-refractivity contribution in [3.63, 3.8) is 0 Å². The Morgan fingerprint density at radius 2 is 1.63 bits per heavy atom. The Balaban J connectivity index is 2.52. The highest BCUT2D eigenvalue weighted by molar-refractivity contribution is 6.42. The van der Waals surface area contributed by atoms with E-state index in [1.807, 2.05) is 0 Å². The van der Waals surface area contributed by atoms with Crippen LogP contribution < -0.4 is 4.74 Å². The van der Waals surface area contributed by atoms with Crippen LogP contribution in [-0.4, -0.2) is 6.61 Å². The lowest BCUT2D eigenvalue weighted by Gasteiger charge is -2.12. The summed E-state index contributed by atoms with van der Waals surface area (Å²) in [6.07, 6.45) is 0. The van der Waals surface area contributed by atoms with Crippen molar-refractivity contribution in [3.8, 4) is 16.9 Å². The van der Waals surface area contributed by atoms with Crippen molar-refractivity contribution in [2.75, 3.05) is 0 Å². The molecule has 0 atom stereocenters. The minimum atomic E-state index is -2.91. The van der Waals surface area contributed by atoms with Gasteiger partial charge in [-0.15, -0.1) is 0 Å². The zero-order valence-electron chi connectivity index (χ0n) is 9.34. The van der Waals surface area contributed by atoms with Gasteiger partial charge in [0.1, 0.15) is 5.75 Å². The predicted molar refractivity (Wildman–Crippen MR) is 73.5 cm³/mol. The topological polar surface area (TPSA) is 9.23 Å². The Morgan fingerprint density at radius 1 is 0.895 bits per heavy atom. The number of hydrogen-bond donors (Lipinski definition) is 0. The summed E-state index contributed by atoms with van der Waals surface area (Å²) in [5.41, 5.74) is 1.01. The van der Waals surface area contributed by atoms with Crippen LogP contribution in [0.3, 0.4) is 0 Å². The first-order valence-electron chi connectivity index (χ1n) is 5.17. The number of halogens is 5. The highest BCUT2D eigenvalue weighted by Gasteiger charge is 2.13. The lowest BCUT2D eigenvalue weighted by molar-refractivity contribution is -0.0494. The normalized spacial score (nSPS) is 10.8. The molecule has 0 spiro atoms. The molecule has 19 heavy (non-hydrogen) atoms. The minimum Gasteiger partial charge on any atom is -0.434 e. The number of alkyl halides is 2. The van der Waals surface area contributed by atoms with Gasteiger partial charge in [-0.25, -0.2) is 0 Å². The van der Waals surface area contributed by atoms with Crippen molar-refractivity contribution < 1.29 is 13.5 Å². The highest BCUT2D eigenvalue weighted by Crippen LogP contribution is 2.36. The molecular formula is C13H7Cl3F2O. The Labute approximate surface area is 123 Å². The van der Waals surface area contributed by atoms with Gasteiger partial charge in [-0.3, -0.25) is 0 Å². The monoisotopic (exact) mass is 322 g/mol. The van der Waals surface area contributed by atoms with E-state index in [2.05, 4.69) is 4.74 Å². The van der Waals surface area contributed by atoms with Crippen LogP contribution in [0.25, 0.3) is 11.1 Å². The zero-order valence-corrected chi connectivity index (χ0v) is 11.6. The van der Waals surface area contributed by atoms with Crippen LogP contribution in [-0.2, 0) is 0 Å². The van der Waals surface area contributed by atoms with Crippen molar-refractivity contribution in [1.29, 1.82) is 0 Å². The van der Waals surface area contributed by atoms with E-state index in [-0.39, 0.29) is 5.75 Å².